The van der Waals surface area contributed by atoms with Gasteiger partial charge in [0, 0.05) is 6.92 Å². The molecular weight excluding hydrogens is 403 g/mol. The van der Waals surface area contributed by atoms with Crippen LogP contribution >= 0.6 is 15.9 Å². The molecule has 0 amide bonds. The Bertz CT molecular complexity index is 917. The number of ether oxygens (including phenoxy) is 2. The van der Waals surface area contributed by atoms with Gasteiger partial charge in [-0.25, -0.2) is 4.39 Å². The molecule has 2 saturated heterocycles. The third-order valence-electron chi connectivity index (χ3n) is 5.37. The van der Waals surface area contributed by atoms with E-state index in [0.29, 0.717) is 12.0 Å². The monoisotopic (exact) mass is 416 g/mol. The topological polar surface area (TPSA) is 114 Å². The second-order valence-corrected chi connectivity index (χ2v) is 7.39. The first kappa shape index (κ1) is 18.3. The minimum atomic E-state index is -2.02. The van der Waals surface area contributed by atoms with E-state index in [1.54, 1.807) is 13.8 Å². The SMILES string of the molecule is CCC1C2(C)OC(=N)C1(C#N)C(C#N)(C#N)C(c1ccc(F)c(Br)c1)O2. The van der Waals surface area contributed by atoms with Gasteiger partial charge in [-0.05, 0) is 40.0 Å². The Labute approximate surface area is 158 Å². The Hall–Kier alpha value is -2.47. The van der Waals surface area contributed by atoms with Crippen LogP contribution in [0.2, 0.25) is 0 Å². The van der Waals surface area contributed by atoms with Crippen molar-refractivity contribution in [1.82, 2.24) is 0 Å². The maximum atomic E-state index is 13.7. The fourth-order valence-electron chi connectivity index (χ4n) is 4.20. The van der Waals surface area contributed by atoms with Crippen LogP contribution in [0.1, 0.15) is 31.9 Å². The molecule has 1 N–H and O–H groups in total. The lowest BCUT2D eigenvalue weighted by Crippen LogP contribution is -2.58. The zero-order valence-corrected chi connectivity index (χ0v) is 15.6. The third kappa shape index (κ3) is 1.93. The van der Waals surface area contributed by atoms with Gasteiger partial charge in [-0.3, -0.25) is 5.41 Å². The normalized spacial score (nSPS) is 34.3. The summed E-state index contributed by atoms with van der Waals surface area (Å²) in [4.78, 5) is 0. The van der Waals surface area contributed by atoms with Crippen LogP contribution in [-0.2, 0) is 9.47 Å². The minimum absolute atomic E-state index is 0.139. The zero-order chi connectivity index (χ0) is 19.3. The summed E-state index contributed by atoms with van der Waals surface area (Å²) < 4.78 is 25.4. The van der Waals surface area contributed by atoms with Gasteiger partial charge in [0.05, 0.1) is 28.6 Å². The number of rotatable bonds is 2. The van der Waals surface area contributed by atoms with Crippen LogP contribution < -0.4 is 0 Å². The molecule has 2 fully saturated rings. The summed E-state index contributed by atoms with van der Waals surface area (Å²) in [6.45, 7) is 3.38. The van der Waals surface area contributed by atoms with Gasteiger partial charge in [0.2, 0.25) is 17.1 Å². The molecule has 4 unspecified atom stereocenters. The molecule has 0 spiro atoms. The largest absolute Gasteiger partial charge is 0.448 e. The van der Waals surface area contributed by atoms with Crippen molar-refractivity contribution in [3.63, 3.8) is 0 Å². The van der Waals surface area contributed by atoms with Gasteiger partial charge in [0.1, 0.15) is 11.9 Å². The molecule has 26 heavy (non-hydrogen) atoms. The third-order valence-corrected chi connectivity index (χ3v) is 5.98. The minimum Gasteiger partial charge on any atom is -0.448 e. The number of nitrogens with zero attached hydrogens (tertiary/aromatic N) is 3. The molecule has 0 aromatic heterocycles. The highest BCUT2D eigenvalue weighted by Gasteiger charge is 2.78. The van der Waals surface area contributed by atoms with Gasteiger partial charge in [0.25, 0.3) is 0 Å². The maximum absolute atomic E-state index is 13.7. The van der Waals surface area contributed by atoms with E-state index in [2.05, 4.69) is 15.9 Å². The van der Waals surface area contributed by atoms with E-state index in [4.69, 9.17) is 14.9 Å². The van der Waals surface area contributed by atoms with E-state index in [-0.39, 0.29) is 4.47 Å². The molecule has 8 heteroatoms. The van der Waals surface area contributed by atoms with Crippen LogP contribution in [0.25, 0.3) is 0 Å². The highest BCUT2D eigenvalue weighted by Crippen LogP contribution is 2.67. The quantitative estimate of drug-likeness (QED) is 0.783. The lowest BCUT2D eigenvalue weighted by molar-refractivity contribution is -0.273. The highest BCUT2D eigenvalue weighted by atomic mass is 79.9. The number of nitrogens with one attached hydrogen (secondary N) is 1. The lowest BCUT2D eigenvalue weighted by atomic mass is 9.53. The van der Waals surface area contributed by atoms with Gasteiger partial charge >= 0.3 is 0 Å². The lowest BCUT2D eigenvalue weighted by Gasteiger charge is -2.48. The summed E-state index contributed by atoms with van der Waals surface area (Å²) in [5.41, 5.74) is -3.46. The molecule has 2 bridgehead atoms. The van der Waals surface area contributed by atoms with E-state index < -0.39 is 40.4 Å². The van der Waals surface area contributed by atoms with Gasteiger partial charge in [-0.2, -0.15) is 15.8 Å². The summed E-state index contributed by atoms with van der Waals surface area (Å²) in [6, 6.07) is 9.92. The van der Waals surface area contributed by atoms with Crippen molar-refractivity contribution in [3.8, 4) is 18.2 Å². The van der Waals surface area contributed by atoms with E-state index in [9.17, 15) is 20.2 Å². The van der Waals surface area contributed by atoms with Gasteiger partial charge < -0.3 is 9.47 Å². The number of hydrogen-bond donors (Lipinski definition) is 1. The Morgan fingerprint density at radius 3 is 2.42 bits per heavy atom. The van der Waals surface area contributed by atoms with E-state index in [0.717, 1.165) is 0 Å². The van der Waals surface area contributed by atoms with E-state index in [1.165, 1.54) is 18.2 Å². The first-order valence-electron chi connectivity index (χ1n) is 7.90. The zero-order valence-electron chi connectivity index (χ0n) is 14.0. The number of halogens is 2. The molecule has 1 aromatic rings. The van der Waals surface area contributed by atoms with Crippen LogP contribution in [0.4, 0.5) is 4.39 Å². The highest BCUT2D eigenvalue weighted by molar-refractivity contribution is 9.10. The number of nitriles is 3. The second kappa shape index (κ2) is 5.77. The molecular formula is C18H14BrFN4O2. The predicted octanol–water partition coefficient (Wildman–Crippen LogP) is 3.95. The van der Waals surface area contributed by atoms with E-state index >= 15 is 0 Å². The van der Waals surface area contributed by atoms with Crippen LogP contribution in [0.15, 0.2) is 22.7 Å². The second-order valence-electron chi connectivity index (χ2n) is 6.53. The molecule has 2 aliphatic rings. The number of fused-ring (bicyclic) bond motifs is 2. The molecule has 2 aliphatic heterocycles. The summed E-state index contributed by atoms with van der Waals surface area (Å²) in [6.07, 6.45) is -0.818. The summed E-state index contributed by atoms with van der Waals surface area (Å²) in [5, 5.41) is 38.3. The molecule has 6 nitrogen and oxygen atoms in total. The molecule has 0 saturated carbocycles. The first-order chi connectivity index (χ1) is 12.3. The number of hydrogen-bond acceptors (Lipinski definition) is 6. The predicted molar refractivity (Wildman–Crippen MR) is 90.6 cm³/mol. The van der Waals surface area contributed by atoms with Crippen molar-refractivity contribution in [2.75, 3.05) is 0 Å². The van der Waals surface area contributed by atoms with Gasteiger partial charge in [-0.15, -0.1) is 0 Å². The van der Waals surface area contributed by atoms with Crippen molar-refractivity contribution in [2.24, 2.45) is 16.7 Å². The van der Waals surface area contributed by atoms with Crippen molar-refractivity contribution >= 4 is 21.8 Å². The van der Waals surface area contributed by atoms with Crippen molar-refractivity contribution in [1.29, 1.82) is 21.2 Å². The van der Waals surface area contributed by atoms with Gasteiger partial charge in [0.15, 0.2) is 5.41 Å². The van der Waals surface area contributed by atoms with Crippen molar-refractivity contribution in [3.05, 3.63) is 34.1 Å². The molecule has 132 valence electrons. The number of benzene rings is 1. The van der Waals surface area contributed by atoms with Crippen LogP contribution in [0.3, 0.4) is 0 Å². The standard InChI is InChI=1S/C18H14BrFN4O2/c1-3-13-16(2)25-14(10-4-5-12(20)11(19)6-10)17(7-21,8-22)18(13,9-23)15(24)26-16/h4-6,13-14,24H,3H2,1-2H3. The summed E-state index contributed by atoms with van der Waals surface area (Å²) in [5.74, 6) is -2.97. The van der Waals surface area contributed by atoms with E-state index in [1.807, 2.05) is 18.2 Å². The Morgan fingerprint density at radius 1 is 1.27 bits per heavy atom. The smallest absolute Gasteiger partial charge is 0.214 e. The molecule has 0 aliphatic carbocycles. The fraction of sp³-hybridized carbons (Fsp3) is 0.444. The summed E-state index contributed by atoms with van der Waals surface area (Å²) in [7, 11) is 0. The molecule has 0 radical (unpaired) electrons. The summed E-state index contributed by atoms with van der Waals surface area (Å²) >= 11 is 3.09. The van der Waals surface area contributed by atoms with Crippen molar-refractivity contribution < 1.29 is 13.9 Å². The van der Waals surface area contributed by atoms with Gasteiger partial charge in [-0.1, -0.05) is 13.0 Å². The van der Waals surface area contributed by atoms with Crippen LogP contribution in [0, 0.1) is 62.0 Å². The molecule has 4 atom stereocenters. The molecule has 2 heterocycles. The molecule has 3 rings (SSSR count). The average molecular weight is 417 g/mol. The molecule has 1 aromatic carbocycles. The van der Waals surface area contributed by atoms with Crippen molar-refractivity contribution in [2.45, 2.75) is 32.2 Å². The van der Waals surface area contributed by atoms with Crippen LogP contribution in [0.5, 0.6) is 0 Å². The van der Waals surface area contributed by atoms with Crippen LogP contribution in [-0.4, -0.2) is 11.7 Å². The average Bonchev–Trinajstić information content (AvgIpc) is 2.80. The Balaban J connectivity index is 2.33. The maximum Gasteiger partial charge on any atom is 0.214 e. The fourth-order valence-corrected chi connectivity index (χ4v) is 4.60. The first-order valence-corrected chi connectivity index (χ1v) is 8.70. The Morgan fingerprint density at radius 2 is 1.92 bits per heavy atom. The Kier molecular flexibility index (Phi) is 4.07.